The van der Waals surface area contributed by atoms with Gasteiger partial charge in [-0.1, -0.05) is 36.4 Å². The second kappa shape index (κ2) is 5.06. The molecule has 2 aromatic rings. The predicted octanol–water partition coefficient (Wildman–Crippen LogP) is 2.45. The molecule has 88 valence electrons. The van der Waals surface area contributed by atoms with Crippen molar-refractivity contribution in [3.63, 3.8) is 0 Å². The van der Waals surface area contributed by atoms with E-state index in [1.165, 1.54) is 0 Å². The number of aromatic nitrogens is 1. The summed E-state index contributed by atoms with van der Waals surface area (Å²) in [5.74, 6) is 0. The molecule has 0 radical (unpaired) electrons. The smallest absolute Gasteiger partial charge is 0.153 e. The lowest BCUT2D eigenvalue weighted by Crippen LogP contribution is -2.33. The first-order chi connectivity index (χ1) is 8.24. The van der Waals surface area contributed by atoms with Crippen molar-refractivity contribution in [2.75, 3.05) is 6.54 Å². The van der Waals surface area contributed by atoms with E-state index in [1.54, 1.807) is 18.3 Å². The van der Waals surface area contributed by atoms with Gasteiger partial charge < -0.3 is 5.73 Å². The lowest BCUT2D eigenvalue weighted by Gasteiger charge is -2.23. The van der Waals surface area contributed by atoms with E-state index in [1.807, 2.05) is 36.4 Å². The highest BCUT2D eigenvalue weighted by atomic mass is 19.1. The first-order valence-electron chi connectivity index (χ1n) is 5.59. The van der Waals surface area contributed by atoms with Gasteiger partial charge in [-0.15, -0.1) is 0 Å². The van der Waals surface area contributed by atoms with E-state index >= 15 is 0 Å². The van der Waals surface area contributed by atoms with Crippen LogP contribution in [0.15, 0.2) is 54.7 Å². The molecular formula is C14H15FN2. The number of rotatable bonds is 4. The van der Waals surface area contributed by atoms with Gasteiger partial charge in [0.05, 0.1) is 0 Å². The van der Waals surface area contributed by atoms with Crippen molar-refractivity contribution in [2.24, 2.45) is 5.73 Å². The zero-order chi connectivity index (χ0) is 12.1. The van der Waals surface area contributed by atoms with E-state index in [0.29, 0.717) is 11.3 Å². The maximum absolute atomic E-state index is 14.8. The average molecular weight is 230 g/mol. The molecular weight excluding hydrogens is 215 g/mol. The summed E-state index contributed by atoms with van der Waals surface area (Å²) in [4.78, 5) is 4.14. The summed E-state index contributed by atoms with van der Waals surface area (Å²) in [6.45, 7) is -0.0480. The Bertz CT molecular complexity index is 458. The molecule has 1 aromatic carbocycles. The molecule has 1 heterocycles. The number of alkyl halides is 1. The number of halogens is 1. The third-order valence-electron chi connectivity index (χ3n) is 2.80. The third-order valence-corrected chi connectivity index (χ3v) is 2.80. The molecule has 3 heteroatoms. The molecule has 0 saturated carbocycles. The van der Waals surface area contributed by atoms with Crippen LogP contribution in [0.2, 0.25) is 0 Å². The van der Waals surface area contributed by atoms with E-state index < -0.39 is 5.67 Å². The Morgan fingerprint density at radius 3 is 2.35 bits per heavy atom. The fraction of sp³-hybridized carbons (Fsp3) is 0.214. The van der Waals surface area contributed by atoms with E-state index in [-0.39, 0.29) is 13.0 Å². The van der Waals surface area contributed by atoms with Crippen LogP contribution >= 0.6 is 0 Å². The molecule has 17 heavy (non-hydrogen) atoms. The van der Waals surface area contributed by atoms with Crippen LogP contribution in [0.25, 0.3) is 0 Å². The Balaban J connectivity index is 2.27. The highest BCUT2D eigenvalue weighted by Gasteiger charge is 2.30. The van der Waals surface area contributed by atoms with Crippen LogP contribution in [0, 0.1) is 0 Å². The Kier molecular flexibility index (Phi) is 3.49. The molecule has 0 aliphatic carbocycles. The van der Waals surface area contributed by atoms with Crippen molar-refractivity contribution in [3.05, 3.63) is 66.0 Å². The van der Waals surface area contributed by atoms with Gasteiger partial charge in [0.1, 0.15) is 0 Å². The number of nitrogens with zero attached hydrogens (tertiary/aromatic N) is 1. The summed E-state index contributed by atoms with van der Waals surface area (Å²) < 4.78 is 14.8. The Labute approximate surface area is 100 Å². The van der Waals surface area contributed by atoms with Crippen molar-refractivity contribution >= 4 is 0 Å². The summed E-state index contributed by atoms with van der Waals surface area (Å²) in [6.07, 6.45) is 1.87. The quantitative estimate of drug-likeness (QED) is 0.876. The number of nitrogens with two attached hydrogens (primary N) is 1. The molecule has 0 bridgehead atoms. The molecule has 1 atom stereocenters. The molecule has 0 fully saturated rings. The summed E-state index contributed by atoms with van der Waals surface area (Å²) in [7, 11) is 0. The molecule has 0 aliphatic rings. The summed E-state index contributed by atoms with van der Waals surface area (Å²) in [5, 5.41) is 0. The Morgan fingerprint density at radius 1 is 1.06 bits per heavy atom. The number of hydrogen-bond donors (Lipinski definition) is 1. The molecule has 0 saturated heterocycles. The molecule has 0 aliphatic heterocycles. The molecule has 2 nitrogen and oxygen atoms in total. The minimum Gasteiger partial charge on any atom is -0.327 e. The van der Waals surface area contributed by atoms with Crippen LogP contribution in [-0.2, 0) is 12.1 Å². The van der Waals surface area contributed by atoms with Gasteiger partial charge >= 0.3 is 0 Å². The summed E-state index contributed by atoms with van der Waals surface area (Å²) >= 11 is 0. The van der Waals surface area contributed by atoms with Crippen LogP contribution in [-0.4, -0.2) is 11.5 Å². The van der Waals surface area contributed by atoms with Crippen molar-refractivity contribution in [3.8, 4) is 0 Å². The molecule has 0 amide bonds. The van der Waals surface area contributed by atoms with Crippen molar-refractivity contribution in [2.45, 2.75) is 12.1 Å². The molecule has 1 aromatic heterocycles. The molecule has 2 N–H and O–H groups in total. The first-order valence-corrected chi connectivity index (χ1v) is 5.59. The van der Waals surface area contributed by atoms with Crippen molar-refractivity contribution < 1.29 is 4.39 Å². The van der Waals surface area contributed by atoms with Crippen LogP contribution in [0.5, 0.6) is 0 Å². The maximum Gasteiger partial charge on any atom is 0.153 e. The minimum atomic E-state index is -1.55. The van der Waals surface area contributed by atoms with Gasteiger partial charge in [0.15, 0.2) is 5.67 Å². The van der Waals surface area contributed by atoms with E-state index in [0.717, 1.165) is 0 Å². The highest BCUT2D eigenvalue weighted by molar-refractivity contribution is 5.25. The van der Waals surface area contributed by atoms with Gasteiger partial charge in [-0.2, -0.15) is 0 Å². The number of benzene rings is 1. The second-order valence-corrected chi connectivity index (χ2v) is 4.03. The van der Waals surface area contributed by atoms with Gasteiger partial charge in [-0.25, -0.2) is 4.39 Å². The summed E-state index contributed by atoms with van der Waals surface area (Å²) in [5.41, 5.74) is 5.36. The van der Waals surface area contributed by atoms with Gasteiger partial charge in [0.25, 0.3) is 0 Å². The molecule has 0 spiro atoms. The molecule has 1 unspecified atom stereocenters. The predicted molar refractivity (Wildman–Crippen MR) is 66.2 cm³/mol. The zero-order valence-corrected chi connectivity index (χ0v) is 9.51. The largest absolute Gasteiger partial charge is 0.327 e. The van der Waals surface area contributed by atoms with Gasteiger partial charge in [0, 0.05) is 24.9 Å². The number of hydrogen-bond acceptors (Lipinski definition) is 2. The lowest BCUT2D eigenvalue weighted by atomic mass is 9.91. The average Bonchev–Trinajstić information content (AvgIpc) is 2.41. The van der Waals surface area contributed by atoms with Crippen molar-refractivity contribution in [1.29, 1.82) is 0 Å². The molecule has 2 rings (SSSR count). The zero-order valence-electron chi connectivity index (χ0n) is 9.51. The van der Waals surface area contributed by atoms with Crippen LogP contribution in [0.1, 0.15) is 11.3 Å². The third kappa shape index (κ3) is 2.68. The van der Waals surface area contributed by atoms with Crippen molar-refractivity contribution in [1.82, 2.24) is 4.98 Å². The fourth-order valence-corrected chi connectivity index (χ4v) is 1.82. The minimum absolute atomic E-state index is 0.0480. The van der Waals surface area contributed by atoms with E-state index in [9.17, 15) is 4.39 Å². The summed E-state index contributed by atoms with van der Waals surface area (Å²) in [6, 6.07) is 14.5. The lowest BCUT2D eigenvalue weighted by molar-refractivity contribution is 0.173. The fourth-order valence-electron chi connectivity index (χ4n) is 1.82. The van der Waals surface area contributed by atoms with Gasteiger partial charge in [-0.05, 0) is 17.7 Å². The Hall–Kier alpha value is -1.74. The van der Waals surface area contributed by atoms with Gasteiger partial charge in [-0.3, -0.25) is 4.98 Å². The number of pyridine rings is 1. The van der Waals surface area contributed by atoms with Crippen LogP contribution in [0.4, 0.5) is 4.39 Å². The van der Waals surface area contributed by atoms with Gasteiger partial charge in [0.2, 0.25) is 0 Å². The van der Waals surface area contributed by atoms with Crippen LogP contribution in [0.3, 0.4) is 0 Å². The normalized spacial score (nSPS) is 14.2. The maximum atomic E-state index is 14.8. The first kappa shape index (κ1) is 11.7. The Morgan fingerprint density at radius 2 is 1.76 bits per heavy atom. The van der Waals surface area contributed by atoms with E-state index in [2.05, 4.69) is 4.98 Å². The topological polar surface area (TPSA) is 38.9 Å². The monoisotopic (exact) mass is 230 g/mol. The standard InChI is InChI=1S/C14H15FN2/c15-14(11-16,12-6-2-1-3-7-12)10-13-8-4-5-9-17-13/h1-9H,10-11,16H2. The van der Waals surface area contributed by atoms with E-state index in [4.69, 9.17) is 5.73 Å². The van der Waals surface area contributed by atoms with Crippen LogP contribution < -0.4 is 5.73 Å². The highest BCUT2D eigenvalue weighted by Crippen LogP contribution is 2.28. The SMILES string of the molecule is NCC(F)(Cc1ccccn1)c1ccccc1. The second-order valence-electron chi connectivity index (χ2n) is 4.03.